The van der Waals surface area contributed by atoms with Crippen LogP contribution in [0.1, 0.15) is 30.0 Å². The van der Waals surface area contributed by atoms with E-state index in [-0.39, 0.29) is 16.9 Å². The molecule has 2 aromatic heterocycles. The Morgan fingerprint density at radius 3 is 2.53 bits per heavy atom. The zero-order valence-electron chi connectivity index (χ0n) is 20.2. The van der Waals surface area contributed by atoms with Crippen LogP contribution in [0.4, 0.5) is 4.39 Å². The van der Waals surface area contributed by atoms with Crippen molar-refractivity contribution in [1.29, 1.82) is 0 Å². The summed E-state index contributed by atoms with van der Waals surface area (Å²) in [5.41, 5.74) is 3.88. The van der Waals surface area contributed by atoms with Gasteiger partial charge in [0.1, 0.15) is 5.82 Å². The van der Waals surface area contributed by atoms with Gasteiger partial charge >= 0.3 is 0 Å². The van der Waals surface area contributed by atoms with Crippen LogP contribution in [0.2, 0.25) is 0 Å². The van der Waals surface area contributed by atoms with Gasteiger partial charge in [0.2, 0.25) is 5.03 Å². The van der Waals surface area contributed by atoms with Crippen LogP contribution in [0.25, 0.3) is 16.6 Å². The third-order valence-electron chi connectivity index (χ3n) is 7.21. The number of aromatic nitrogens is 5. The molecule has 0 N–H and O–H groups in total. The Hall–Kier alpha value is -3.15. The van der Waals surface area contributed by atoms with Gasteiger partial charge in [-0.25, -0.2) is 17.5 Å². The highest BCUT2D eigenvalue weighted by Crippen LogP contribution is 2.37. The third kappa shape index (κ3) is 4.21. The molecule has 0 bridgehead atoms. The number of nitrogens with zero attached hydrogens (tertiary/aromatic N) is 7. The second-order valence-electron chi connectivity index (χ2n) is 9.79. The maximum Gasteiger partial charge on any atom is 0.264 e. The molecule has 1 aliphatic carbocycles. The SMILES string of the molecule is Cc1cc2c(cnn2-c2ccc(F)cc2)cc1C1CN(S(=O)(=O)c2cnn(C)n2)CCN1CC1CC1. The summed E-state index contributed by atoms with van der Waals surface area (Å²) in [6, 6.07) is 10.4. The van der Waals surface area contributed by atoms with Crippen LogP contribution >= 0.6 is 0 Å². The van der Waals surface area contributed by atoms with E-state index in [0.717, 1.165) is 34.3 Å². The molecule has 6 rings (SSSR count). The minimum Gasteiger partial charge on any atom is -0.293 e. The number of aryl methyl sites for hydroxylation is 2. The standard InChI is InChI=1S/C25H28FN7O2S/c1-17-11-23-19(13-28-33(23)21-7-5-20(26)6-8-21)12-22(17)24-16-32(10-9-31(24)15-18-3-4-18)36(34,35)25-14-27-30(2)29-25/h5-8,11-14,18,24H,3-4,9-10,15-16H2,1-2H3. The van der Waals surface area contributed by atoms with Crippen molar-refractivity contribution in [3.63, 3.8) is 0 Å². The summed E-state index contributed by atoms with van der Waals surface area (Å²) in [5, 5.41) is 13.5. The number of hydrogen-bond acceptors (Lipinski definition) is 6. The van der Waals surface area contributed by atoms with Gasteiger partial charge < -0.3 is 0 Å². The first kappa shape index (κ1) is 23.3. The van der Waals surface area contributed by atoms with Crippen molar-refractivity contribution >= 4 is 20.9 Å². The van der Waals surface area contributed by atoms with Crippen LogP contribution < -0.4 is 0 Å². The molecule has 2 aliphatic rings. The molecule has 4 aromatic rings. The minimum atomic E-state index is -3.74. The summed E-state index contributed by atoms with van der Waals surface area (Å²) in [7, 11) is -2.13. The van der Waals surface area contributed by atoms with Crippen molar-refractivity contribution in [2.45, 2.75) is 30.8 Å². The number of sulfonamides is 1. The summed E-state index contributed by atoms with van der Waals surface area (Å²) in [5.74, 6) is 0.392. The molecule has 0 spiro atoms. The number of piperazine rings is 1. The molecule has 1 atom stereocenters. The van der Waals surface area contributed by atoms with Gasteiger partial charge in [0, 0.05) is 44.7 Å². The van der Waals surface area contributed by atoms with Crippen LogP contribution in [-0.4, -0.2) is 68.6 Å². The number of benzene rings is 2. The number of rotatable bonds is 6. The lowest BCUT2D eigenvalue weighted by Gasteiger charge is -2.41. The minimum absolute atomic E-state index is 0.0212. The van der Waals surface area contributed by atoms with E-state index in [2.05, 4.69) is 39.3 Å². The Morgan fingerprint density at radius 1 is 1.06 bits per heavy atom. The average molecular weight is 510 g/mol. The fourth-order valence-electron chi connectivity index (χ4n) is 5.08. The van der Waals surface area contributed by atoms with Gasteiger partial charge in [0.25, 0.3) is 10.0 Å². The van der Waals surface area contributed by atoms with Crippen molar-refractivity contribution < 1.29 is 12.8 Å². The van der Waals surface area contributed by atoms with Gasteiger partial charge in [-0.15, -0.1) is 5.10 Å². The molecule has 1 unspecified atom stereocenters. The molecule has 1 aliphatic heterocycles. The van der Waals surface area contributed by atoms with Crippen LogP contribution in [0, 0.1) is 18.7 Å². The van der Waals surface area contributed by atoms with Crippen molar-refractivity contribution in [2.24, 2.45) is 13.0 Å². The Balaban J connectivity index is 1.37. The lowest BCUT2D eigenvalue weighted by atomic mass is 9.96. The molecule has 1 saturated carbocycles. The number of fused-ring (bicyclic) bond motifs is 1. The highest BCUT2D eigenvalue weighted by Gasteiger charge is 2.38. The smallest absolute Gasteiger partial charge is 0.264 e. The summed E-state index contributed by atoms with van der Waals surface area (Å²) in [6.07, 6.45) is 5.58. The van der Waals surface area contributed by atoms with E-state index < -0.39 is 10.0 Å². The summed E-state index contributed by atoms with van der Waals surface area (Å²) in [6.45, 7) is 4.46. The average Bonchev–Trinajstić information content (AvgIpc) is 3.41. The zero-order valence-corrected chi connectivity index (χ0v) is 21.1. The Labute approximate surface area is 209 Å². The fraction of sp³-hybridized carbons (Fsp3) is 0.400. The monoisotopic (exact) mass is 509 g/mol. The molecular formula is C25H28FN7O2S. The second kappa shape index (κ2) is 8.75. The predicted molar refractivity (Wildman–Crippen MR) is 133 cm³/mol. The molecule has 9 nitrogen and oxygen atoms in total. The van der Waals surface area contributed by atoms with E-state index in [4.69, 9.17) is 0 Å². The van der Waals surface area contributed by atoms with Crippen molar-refractivity contribution in [3.05, 3.63) is 65.7 Å². The van der Waals surface area contributed by atoms with Crippen molar-refractivity contribution in [2.75, 3.05) is 26.2 Å². The van der Waals surface area contributed by atoms with E-state index in [1.54, 1.807) is 23.9 Å². The molecule has 36 heavy (non-hydrogen) atoms. The van der Waals surface area contributed by atoms with Crippen molar-refractivity contribution in [3.8, 4) is 5.69 Å². The van der Waals surface area contributed by atoms with Crippen LogP contribution in [-0.2, 0) is 17.1 Å². The van der Waals surface area contributed by atoms with E-state index >= 15 is 0 Å². The number of hydrogen-bond donors (Lipinski definition) is 0. The van der Waals surface area contributed by atoms with Gasteiger partial charge in [-0.1, -0.05) is 0 Å². The lowest BCUT2D eigenvalue weighted by molar-refractivity contribution is 0.112. The van der Waals surface area contributed by atoms with E-state index in [9.17, 15) is 12.8 Å². The van der Waals surface area contributed by atoms with Gasteiger partial charge in [0.15, 0.2) is 0 Å². The molecule has 2 aromatic carbocycles. The van der Waals surface area contributed by atoms with Gasteiger partial charge in [-0.05, 0) is 73.2 Å². The molecule has 0 radical (unpaired) electrons. The first-order valence-electron chi connectivity index (χ1n) is 12.1. The van der Waals surface area contributed by atoms with Crippen LogP contribution in [0.15, 0.2) is 53.8 Å². The highest BCUT2D eigenvalue weighted by atomic mass is 32.2. The lowest BCUT2D eigenvalue weighted by Crippen LogP contribution is -2.51. The molecule has 11 heteroatoms. The zero-order chi connectivity index (χ0) is 25.0. The molecule has 188 valence electrons. The summed E-state index contributed by atoms with van der Waals surface area (Å²) < 4.78 is 43.5. The quantitative estimate of drug-likeness (QED) is 0.397. The van der Waals surface area contributed by atoms with E-state index in [0.29, 0.717) is 25.6 Å². The van der Waals surface area contributed by atoms with Crippen LogP contribution in [0.5, 0.6) is 0 Å². The van der Waals surface area contributed by atoms with Gasteiger partial charge in [0.05, 0.1) is 23.6 Å². The first-order chi connectivity index (χ1) is 17.3. The Kier molecular flexibility index (Phi) is 5.66. The third-order valence-corrected chi connectivity index (χ3v) is 8.94. The molecule has 0 amide bonds. The highest BCUT2D eigenvalue weighted by molar-refractivity contribution is 7.89. The largest absolute Gasteiger partial charge is 0.293 e. The number of halogens is 1. The second-order valence-corrected chi connectivity index (χ2v) is 11.7. The Morgan fingerprint density at radius 2 is 1.83 bits per heavy atom. The van der Waals surface area contributed by atoms with E-state index in [1.807, 2.05) is 6.20 Å². The van der Waals surface area contributed by atoms with E-state index in [1.165, 1.54) is 40.3 Å². The van der Waals surface area contributed by atoms with Crippen LogP contribution in [0.3, 0.4) is 0 Å². The fourth-order valence-corrected chi connectivity index (χ4v) is 6.41. The molecule has 3 heterocycles. The molecule has 2 fully saturated rings. The van der Waals surface area contributed by atoms with Crippen molar-refractivity contribution in [1.82, 2.24) is 34.0 Å². The molecular weight excluding hydrogens is 481 g/mol. The summed E-state index contributed by atoms with van der Waals surface area (Å²) in [4.78, 5) is 3.70. The Bertz CT molecular complexity index is 1530. The normalized spacial score (nSPS) is 19.8. The first-order valence-corrected chi connectivity index (χ1v) is 13.6. The van der Waals surface area contributed by atoms with Gasteiger partial charge in [-0.3, -0.25) is 4.90 Å². The molecule has 1 saturated heterocycles. The van der Waals surface area contributed by atoms with Gasteiger partial charge in [-0.2, -0.15) is 19.3 Å². The maximum absolute atomic E-state index is 13.4. The topological polar surface area (TPSA) is 89.2 Å². The summed E-state index contributed by atoms with van der Waals surface area (Å²) >= 11 is 0. The maximum atomic E-state index is 13.4. The predicted octanol–water partition coefficient (Wildman–Crippen LogP) is 3.06.